The van der Waals surface area contributed by atoms with E-state index in [0.717, 1.165) is 37.3 Å². The Labute approximate surface area is 157 Å². The lowest BCUT2D eigenvalue weighted by molar-refractivity contribution is -0.116. The molecule has 0 fully saturated rings. The van der Waals surface area contributed by atoms with Crippen LogP contribution in [0.2, 0.25) is 0 Å². The first-order valence-corrected chi connectivity index (χ1v) is 8.62. The number of hydrogen-bond acceptors (Lipinski definition) is 7. The molecule has 0 unspecified atom stereocenters. The fraction of sp³-hybridized carbons (Fsp3) is 0.200. The van der Waals surface area contributed by atoms with Crippen molar-refractivity contribution in [3.8, 4) is 0 Å². The predicted octanol–water partition coefficient (Wildman–Crippen LogP) is 0.355. The molecule has 28 heavy (non-hydrogen) atoms. The summed E-state index contributed by atoms with van der Waals surface area (Å²) in [5, 5.41) is 10.2. The molecule has 13 heteroatoms. The number of nitrogens with one attached hydrogen (secondary N) is 1. The zero-order chi connectivity index (χ0) is 20.2. The van der Waals surface area contributed by atoms with Gasteiger partial charge in [0.15, 0.2) is 27.9 Å². The zero-order valence-electron chi connectivity index (χ0n) is 14.4. The predicted molar refractivity (Wildman–Crippen MR) is 96.2 cm³/mol. The minimum absolute atomic E-state index is 0.00630. The second-order valence-corrected chi connectivity index (χ2v) is 6.96. The molecule has 3 aromatic heterocycles. The van der Waals surface area contributed by atoms with Crippen molar-refractivity contribution in [1.29, 1.82) is 0 Å². The number of nitrogens with zero attached hydrogens (tertiary/aromatic N) is 6. The lowest BCUT2D eigenvalue weighted by Gasteiger charge is -2.04. The summed E-state index contributed by atoms with van der Waals surface area (Å²) in [7, 11) is 2.74. The zero-order valence-corrected chi connectivity index (χ0v) is 15.3. The van der Waals surface area contributed by atoms with Crippen molar-refractivity contribution in [2.45, 2.75) is 6.54 Å². The maximum atomic E-state index is 13.3. The first-order valence-electron chi connectivity index (χ1n) is 7.81. The van der Waals surface area contributed by atoms with Crippen LogP contribution in [0, 0.1) is 11.6 Å². The van der Waals surface area contributed by atoms with Crippen LogP contribution in [0.4, 0.5) is 13.9 Å². The van der Waals surface area contributed by atoms with E-state index >= 15 is 0 Å². The number of rotatable bonds is 3. The van der Waals surface area contributed by atoms with Gasteiger partial charge in [-0.05, 0) is 6.07 Å². The minimum atomic E-state index is -1.04. The number of benzene rings is 1. The van der Waals surface area contributed by atoms with Crippen molar-refractivity contribution in [2.24, 2.45) is 14.1 Å². The number of amides is 1. The Hall–Kier alpha value is -3.48. The molecule has 4 aromatic rings. The summed E-state index contributed by atoms with van der Waals surface area (Å²) >= 11 is 0.968. The highest BCUT2D eigenvalue weighted by atomic mass is 32.1. The van der Waals surface area contributed by atoms with E-state index in [1.165, 1.54) is 14.1 Å². The summed E-state index contributed by atoms with van der Waals surface area (Å²) < 4.78 is 30.0. The van der Waals surface area contributed by atoms with Gasteiger partial charge in [0.05, 0.1) is 10.2 Å². The SMILES string of the molecule is Cn1c(=O)c2c(nnn2CC(=O)Nc2nc3cc(F)c(F)cc3s2)n(C)c1=O. The first kappa shape index (κ1) is 17.9. The number of hydrogen-bond donors (Lipinski definition) is 1. The Morgan fingerprint density at radius 2 is 1.89 bits per heavy atom. The molecule has 1 N–H and O–H groups in total. The number of carbonyl (C=O) groups is 1. The summed E-state index contributed by atoms with van der Waals surface area (Å²) in [6.07, 6.45) is 0. The van der Waals surface area contributed by atoms with Crippen LogP contribution >= 0.6 is 11.3 Å². The molecule has 1 amide bonds. The van der Waals surface area contributed by atoms with Gasteiger partial charge >= 0.3 is 5.69 Å². The van der Waals surface area contributed by atoms with Crippen LogP contribution in [-0.2, 0) is 25.4 Å². The lowest BCUT2D eigenvalue weighted by atomic mass is 10.3. The van der Waals surface area contributed by atoms with E-state index in [1.54, 1.807) is 0 Å². The van der Waals surface area contributed by atoms with Gasteiger partial charge in [-0.15, -0.1) is 5.10 Å². The number of halogens is 2. The third-order valence-electron chi connectivity index (χ3n) is 4.09. The summed E-state index contributed by atoms with van der Waals surface area (Å²) in [4.78, 5) is 40.6. The normalized spacial score (nSPS) is 11.4. The van der Waals surface area contributed by atoms with E-state index < -0.39 is 28.8 Å². The van der Waals surface area contributed by atoms with Crippen LogP contribution < -0.4 is 16.6 Å². The number of fused-ring (bicyclic) bond motifs is 2. The third kappa shape index (κ3) is 2.76. The molecule has 0 aliphatic carbocycles. The largest absolute Gasteiger partial charge is 0.332 e. The Bertz CT molecular complexity index is 1350. The average molecular weight is 407 g/mol. The van der Waals surface area contributed by atoms with Gasteiger partial charge in [-0.1, -0.05) is 16.6 Å². The van der Waals surface area contributed by atoms with Crippen molar-refractivity contribution in [3.05, 3.63) is 44.6 Å². The van der Waals surface area contributed by atoms with Gasteiger partial charge in [0.2, 0.25) is 5.91 Å². The van der Waals surface area contributed by atoms with Crippen LogP contribution in [0.25, 0.3) is 21.4 Å². The highest BCUT2D eigenvalue weighted by Crippen LogP contribution is 2.27. The van der Waals surface area contributed by atoms with Gasteiger partial charge in [0.25, 0.3) is 5.56 Å². The Kier molecular flexibility index (Phi) is 4.03. The molecule has 3 heterocycles. The van der Waals surface area contributed by atoms with E-state index in [1.807, 2.05) is 0 Å². The molecule has 0 aliphatic heterocycles. The Morgan fingerprint density at radius 3 is 2.64 bits per heavy atom. The third-order valence-corrected chi connectivity index (χ3v) is 5.02. The van der Waals surface area contributed by atoms with Gasteiger partial charge in [-0.2, -0.15) is 0 Å². The smallest absolute Gasteiger partial charge is 0.300 e. The van der Waals surface area contributed by atoms with Gasteiger partial charge in [0, 0.05) is 20.2 Å². The molecule has 144 valence electrons. The van der Waals surface area contributed by atoms with Gasteiger partial charge in [-0.25, -0.2) is 23.2 Å². The number of aryl methyl sites for hydroxylation is 1. The number of anilines is 1. The molecule has 0 atom stereocenters. The maximum Gasteiger partial charge on any atom is 0.332 e. The molecule has 10 nitrogen and oxygen atoms in total. The van der Waals surface area contributed by atoms with E-state index in [-0.39, 0.29) is 28.4 Å². The van der Waals surface area contributed by atoms with E-state index in [2.05, 4.69) is 20.6 Å². The fourth-order valence-electron chi connectivity index (χ4n) is 2.68. The first-order chi connectivity index (χ1) is 13.3. The summed E-state index contributed by atoms with van der Waals surface area (Å²) in [5.74, 6) is -2.63. The van der Waals surface area contributed by atoms with Crippen molar-refractivity contribution < 1.29 is 13.6 Å². The second-order valence-electron chi connectivity index (χ2n) is 5.93. The Balaban J connectivity index is 1.64. The fourth-order valence-corrected chi connectivity index (χ4v) is 3.57. The van der Waals surface area contributed by atoms with Crippen LogP contribution in [0.15, 0.2) is 21.7 Å². The molecule has 0 radical (unpaired) electrons. The molecule has 0 spiro atoms. The summed E-state index contributed by atoms with van der Waals surface area (Å²) in [5.41, 5.74) is -0.959. The van der Waals surface area contributed by atoms with E-state index in [9.17, 15) is 23.2 Å². The minimum Gasteiger partial charge on any atom is -0.300 e. The quantitative estimate of drug-likeness (QED) is 0.524. The van der Waals surface area contributed by atoms with Crippen LogP contribution in [0.3, 0.4) is 0 Å². The molecule has 0 saturated heterocycles. The molecule has 4 rings (SSSR count). The van der Waals surface area contributed by atoms with Crippen molar-refractivity contribution in [2.75, 3.05) is 5.32 Å². The summed E-state index contributed by atoms with van der Waals surface area (Å²) in [6, 6.07) is 1.93. The maximum absolute atomic E-state index is 13.3. The standard InChI is InChI=1S/C15H11F2N7O3S/c1-22-12-11(13(26)23(2)15(22)27)24(21-20-12)5-10(25)19-14-18-8-3-6(16)7(17)4-9(8)28-14/h3-4H,5H2,1-2H3,(H,18,19,25). The summed E-state index contributed by atoms with van der Waals surface area (Å²) in [6.45, 7) is -0.372. The van der Waals surface area contributed by atoms with Gasteiger partial charge in [0.1, 0.15) is 6.54 Å². The topological polar surface area (TPSA) is 117 Å². The number of carbonyl (C=O) groups excluding carboxylic acids is 1. The molecule has 1 aromatic carbocycles. The van der Waals surface area contributed by atoms with E-state index in [4.69, 9.17) is 0 Å². The van der Waals surface area contributed by atoms with Crippen molar-refractivity contribution >= 4 is 43.8 Å². The van der Waals surface area contributed by atoms with Gasteiger partial charge in [-0.3, -0.25) is 18.7 Å². The highest BCUT2D eigenvalue weighted by Gasteiger charge is 2.18. The number of thiazole rings is 1. The molecule has 0 aliphatic rings. The lowest BCUT2D eigenvalue weighted by Crippen LogP contribution is -2.38. The van der Waals surface area contributed by atoms with Crippen LogP contribution in [-0.4, -0.2) is 35.0 Å². The van der Waals surface area contributed by atoms with Crippen molar-refractivity contribution in [1.82, 2.24) is 29.1 Å². The number of aromatic nitrogens is 6. The monoisotopic (exact) mass is 407 g/mol. The molecule has 0 bridgehead atoms. The molecule has 0 saturated carbocycles. The van der Waals surface area contributed by atoms with Crippen LogP contribution in [0.1, 0.15) is 0 Å². The van der Waals surface area contributed by atoms with Gasteiger partial charge < -0.3 is 5.32 Å². The van der Waals surface area contributed by atoms with Crippen LogP contribution in [0.5, 0.6) is 0 Å². The second kappa shape index (κ2) is 6.30. The Morgan fingerprint density at radius 1 is 1.18 bits per heavy atom. The highest BCUT2D eigenvalue weighted by molar-refractivity contribution is 7.22. The van der Waals surface area contributed by atoms with Crippen molar-refractivity contribution in [3.63, 3.8) is 0 Å². The van der Waals surface area contributed by atoms with E-state index in [0.29, 0.717) is 4.70 Å². The average Bonchev–Trinajstić information content (AvgIpc) is 3.22. The molecular formula is C15H11F2N7O3S. The molecular weight excluding hydrogens is 396 g/mol.